The molecule has 1 atom stereocenters. The number of nitrogens with zero attached hydrogens (tertiary/aromatic N) is 1. The third-order valence-corrected chi connectivity index (χ3v) is 6.34. The Balaban J connectivity index is 2.53. The van der Waals surface area contributed by atoms with Crippen molar-refractivity contribution >= 4 is 9.84 Å². The SMILES string of the molecule is CCS(=O)(=O)CC(C)NCC1(N(C)C)CCCCC1. The minimum atomic E-state index is -2.89. The van der Waals surface area contributed by atoms with Crippen LogP contribution in [0.2, 0.25) is 0 Å². The van der Waals surface area contributed by atoms with Crippen molar-refractivity contribution in [1.82, 2.24) is 10.2 Å². The summed E-state index contributed by atoms with van der Waals surface area (Å²) >= 11 is 0. The van der Waals surface area contributed by atoms with Crippen LogP contribution in [0.4, 0.5) is 0 Å². The van der Waals surface area contributed by atoms with Crippen LogP contribution in [0.25, 0.3) is 0 Å². The van der Waals surface area contributed by atoms with Gasteiger partial charge in [-0.3, -0.25) is 0 Å². The molecule has 5 heteroatoms. The summed E-state index contributed by atoms with van der Waals surface area (Å²) in [6.45, 7) is 4.57. The van der Waals surface area contributed by atoms with Crippen molar-refractivity contribution in [2.75, 3.05) is 32.1 Å². The van der Waals surface area contributed by atoms with Crippen molar-refractivity contribution in [2.24, 2.45) is 0 Å². The largest absolute Gasteiger partial charge is 0.311 e. The second-order valence-corrected chi connectivity index (χ2v) is 8.56. The average Bonchev–Trinajstić information content (AvgIpc) is 2.37. The van der Waals surface area contributed by atoms with Gasteiger partial charge in [0.15, 0.2) is 9.84 Å². The van der Waals surface area contributed by atoms with Crippen molar-refractivity contribution < 1.29 is 8.42 Å². The molecule has 1 unspecified atom stereocenters. The molecule has 0 aromatic rings. The molecule has 0 spiro atoms. The van der Waals surface area contributed by atoms with Crippen LogP contribution in [0, 0.1) is 0 Å². The normalized spacial score (nSPS) is 21.5. The summed E-state index contributed by atoms with van der Waals surface area (Å²) in [5.74, 6) is 0.477. The topological polar surface area (TPSA) is 49.4 Å². The maximum atomic E-state index is 11.6. The van der Waals surface area contributed by atoms with E-state index in [1.807, 2.05) is 6.92 Å². The summed E-state index contributed by atoms with van der Waals surface area (Å²) in [6.07, 6.45) is 6.30. The molecule has 0 bridgehead atoms. The van der Waals surface area contributed by atoms with Crippen molar-refractivity contribution in [3.63, 3.8) is 0 Å². The van der Waals surface area contributed by atoms with Crippen LogP contribution in [-0.4, -0.2) is 57.0 Å². The Bertz CT molecular complexity index is 360. The number of rotatable bonds is 7. The number of hydrogen-bond donors (Lipinski definition) is 1. The van der Waals surface area contributed by atoms with E-state index in [9.17, 15) is 8.42 Å². The van der Waals surface area contributed by atoms with E-state index in [4.69, 9.17) is 0 Å². The lowest BCUT2D eigenvalue weighted by Crippen LogP contribution is -2.54. The molecule has 0 aliphatic heterocycles. The molecule has 0 heterocycles. The molecule has 1 aliphatic rings. The number of likely N-dealkylation sites (N-methyl/N-ethyl adjacent to an activating group) is 1. The van der Waals surface area contributed by atoms with Crippen LogP contribution in [0.15, 0.2) is 0 Å². The minimum Gasteiger partial charge on any atom is -0.311 e. The monoisotopic (exact) mass is 290 g/mol. The molecule has 1 saturated carbocycles. The molecule has 19 heavy (non-hydrogen) atoms. The zero-order valence-corrected chi connectivity index (χ0v) is 13.7. The van der Waals surface area contributed by atoms with E-state index in [2.05, 4.69) is 24.3 Å². The van der Waals surface area contributed by atoms with Gasteiger partial charge in [-0.05, 0) is 33.9 Å². The van der Waals surface area contributed by atoms with E-state index in [1.54, 1.807) is 6.92 Å². The summed E-state index contributed by atoms with van der Waals surface area (Å²) in [5, 5.41) is 3.44. The lowest BCUT2D eigenvalue weighted by molar-refractivity contribution is 0.0966. The van der Waals surface area contributed by atoms with Gasteiger partial charge in [-0.15, -0.1) is 0 Å². The molecule has 0 aromatic heterocycles. The van der Waals surface area contributed by atoms with Crippen LogP contribution >= 0.6 is 0 Å². The third-order valence-electron chi connectivity index (χ3n) is 4.46. The van der Waals surface area contributed by atoms with Crippen molar-refractivity contribution in [1.29, 1.82) is 0 Å². The quantitative estimate of drug-likeness (QED) is 0.775. The van der Waals surface area contributed by atoms with Crippen LogP contribution in [0.5, 0.6) is 0 Å². The highest BCUT2D eigenvalue weighted by atomic mass is 32.2. The van der Waals surface area contributed by atoms with Crippen LogP contribution in [0.3, 0.4) is 0 Å². The van der Waals surface area contributed by atoms with Crippen molar-refractivity contribution in [3.05, 3.63) is 0 Å². The summed E-state index contributed by atoms with van der Waals surface area (Å²) in [7, 11) is 1.39. The first-order chi connectivity index (χ1) is 8.81. The Morgan fingerprint density at radius 3 is 2.26 bits per heavy atom. The fourth-order valence-corrected chi connectivity index (χ4v) is 4.03. The van der Waals surface area contributed by atoms with Gasteiger partial charge in [0.1, 0.15) is 0 Å². The van der Waals surface area contributed by atoms with Gasteiger partial charge in [0.25, 0.3) is 0 Å². The van der Waals surface area contributed by atoms with E-state index in [-0.39, 0.29) is 23.1 Å². The van der Waals surface area contributed by atoms with Gasteiger partial charge >= 0.3 is 0 Å². The smallest absolute Gasteiger partial charge is 0.151 e. The number of hydrogen-bond acceptors (Lipinski definition) is 4. The molecule has 1 fully saturated rings. The summed E-state index contributed by atoms with van der Waals surface area (Å²) in [5.41, 5.74) is 0.211. The summed E-state index contributed by atoms with van der Waals surface area (Å²) < 4.78 is 23.2. The zero-order chi connectivity index (χ0) is 14.5. The maximum absolute atomic E-state index is 11.6. The second-order valence-electron chi connectivity index (χ2n) is 6.16. The molecule has 4 nitrogen and oxygen atoms in total. The third kappa shape index (κ3) is 5.04. The Hall–Kier alpha value is -0.130. The van der Waals surface area contributed by atoms with Gasteiger partial charge < -0.3 is 10.2 Å². The first-order valence-corrected chi connectivity index (χ1v) is 9.25. The first-order valence-electron chi connectivity index (χ1n) is 7.42. The lowest BCUT2D eigenvalue weighted by atomic mass is 9.80. The fraction of sp³-hybridized carbons (Fsp3) is 1.00. The van der Waals surface area contributed by atoms with Gasteiger partial charge in [0.2, 0.25) is 0 Å². The summed E-state index contributed by atoms with van der Waals surface area (Å²) in [4.78, 5) is 2.32. The zero-order valence-electron chi connectivity index (χ0n) is 12.9. The molecular weight excluding hydrogens is 260 g/mol. The van der Waals surface area contributed by atoms with Gasteiger partial charge in [-0.25, -0.2) is 8.42 Å². The lowest BCUT2D eigenvalue weighted by Gasteiger charge is -2.44. The van der Waals surface area contributed by atoms with E-state index >= 15 is 0 Å². The van der Waals surface area contributed by atoms with Gasteiger partial charge in [-0.2, -0.15) is 0 Å². The molecule has 1 N–H and O–H groups in total. The number of sulfone groups is 1. The van der Waals surface area contributed by atoms with Gasteiger partial charge in [0, 0.05) is 23.9 Å². The second kappa shape index (κ2) is 7.04. The molecule has 0 saturated heterocycles. The average molecular weight is 290 g/mol. The molecule has 0 radical (unpaired) electrons. The minimum absolute atomic E-state index is 0.0312. The Labute approximate surface area is 118 Å². The van der Waals surface area contributed by atoms with Gasteiger partial charge in [-0.1, -0.05) is 26.2 Å². The standard InChI is InChI=1S/C14H30N2O2S/c1-5-19(17,18)11-13(2)15-12-14(16(3)4)9-7-6-8-10-14/h13,15H,5-12H2,1-4H3. The maximum Gasteiger partial charge on any atom is 0.151 e. The van der Waals surface area contributed by atoms with E-state index in [1.165, 1.54) is 32.1 Å². The Morgan fingerprint density at radius 2 is 1.79 bits per heavy atom. The molecular formula is C14H30N2O2S. The van der Waals surface area contributed by atoms with Crippen LogP contribution in [0.1, 0.15) is 46.0 Å². The van der Waals surface area contributed by atoms with E-state index in [0.717, 1.165) is 6.54 Å². The van der Waals surface area contributed by atoms with Crippen molar-refractivity contribution in [2.45, 2.75) is 57.5 Å². The number of nitrogens with one attached hydrogen (secondary N) is 1. The van der Waals surface area contributed by atoms with E-state index in [0.29, 0.717) is 0 Å². The molecule has 1 rings (SSSR count). The van der Waals surface area contributed by atoms with Crippen LogP contribution < -0.4 is 5.32 Å². The van der Waals surface area contributed by atoms with Crippen molar-refractivity contribution in [3.8, 4) is 0 Å². The van der Waals surface area contributed by atoms with Crippen LogP contribution in [-0.2, 0) is 9.84 Å². The van der Waals surface area contributed by atoms with Gasteiger partial charge in [0.05, 0.1) is 5.75 Å². The fourth-order valence-electron chi connectivity index (χ4n) is 2.91. The molecule has 114 valence electrons. The summed E-state index contributed by atoms with van der Waals surface area (Å²) in [6, 6.07) is 0.0312. The molecule has 0 amide bonds. The Morgan fingerprint density at radius 1 is 1.21 bits per heavy atom. The predicted molar refractivity (Wildman–Crippen MR) is 81.3 cm³/mol. The molecule has 0 aromatic carbocycles. The first kappa shape index (κ1) is 16.9. The van der Waals surface area contributed by atoms with E-state index < -0.39 is 9.84 Å². The Kier molecular flexibility index (Phi) is 6.27. The highest BCUT2D eigenvalue weighted by molar-refractivity contribution is 7.91. The highest BCUT2D eigenvalue weighted by Crippen LogP contribution is 2.31. The molecule has 1 aliphatic carbocycles. The predicted octanol–water partition coefficient (Wildman–Crippen LogP) is 1.66. The highest BCUT2D eigenvalue weighted by Gasteiger charge is 2.34.